The molecule has 0 aromatic heterocycles. The van der Waals surface area contributed by atoms with E-state index in [1.54, 1.807) is 12.1 Å². The molecule has 12 heteroatoms. The van der Waals surface area contributed by atoms with E-state index in [1.807, 2.05) is 0 Å². The third-order valence-electron chi connectivity index (χ3n) is 8.64. The molecular formula is C31H24BrNO10. The molecule has 3 N–H and O–H groups in total. The maximum absolute atomic E-state index is 14.0. The number of Topliss-reactive ketones (excluding diaryl/α,β-unsaturated/α-hetero) is 1. The van der Waals surface area contributed by atoms with E-state index in [2.05, 4.69) is 15.9 Å². The van der Waals surface area contributed by atoms with E-state index in [1.165, 1.54) is 32.4 Å². The van der Waals surface area contributed by atoms with Gasteiger partial charge in [-0.1, -0.05) is 11.6 Å². The molecule has 2 aromatic carbocycles. The van der Waals surface area contributed by atoms with Gasteiger partial charge in [0.25, 0.3) is 0 Å². The van der Waals surface area contributed by atoms with E-state index in [4.69, 9.17) is 9.47 Å². The number of aromatic carboxylic acids is 1. The Bertz CT molecular complexity index is 1770. The second kappa shape index (κ2) is 10.2. The van der Waals surface area contributed by atoms with Gasteiger partial charge in [0, 0.05) is 46.9 Å². The number of anilines is 1. The molecule has 4 atom stereocenters. The highest BCUT2D eigenvalue weighted by Gasteiger charge is 2.57. The zero-order valence-corrected chi connectivity index (χ0v) is 24.4. The summed E-state index contributed by atoms with van der Waals surface area (Å²) in [6.07, 6.45) is 3.11. The van der Waals surface area contributed by atoms with E-state index in [9.17, 15) is 39.3 Å². The summed E-state index contributed by atoms with van der Waals surface area (Å²) in [7, 11) is 2.81. The third kappa shape index (κ3) is 4.19. The number of carbonyl (C=O) groups excluding carboxylic acids is 4. The Labute approximate surface area is 252 Å². The number of fused-ring (bicyclic) bond motifs is 3. The van der Waals surface area contributed by atoms with Crippen LogP contribution in [0.2, 0.25) is 0 Å². The fraction of sp³-hybridized carbons (Fsp3) is 0.258. The Hall–Kier alpha value is -4.71. The first-order chi connectivity index (χ1) is 20.5. The number of phenols is 2. The molecule has 0 radical (unpaired) electrons. The Kier molecular flexibility index (Phi) is 6.76. The van der Waals surface area contributed by atoms with Gasteiger partial charge in [-0.25, -0.2) is 9.69 Å². The Morgan fingerprint density at radius 3 is 2.37 bits per heavy atom. The van der Waals surface area contributed by atoms with Gasteiger partial charge in [0.2, 0.25) is 11.8 Å². The van der Waals surface area contributed by atoms with Gasteiger partial charge in [-0.05, 0) is 46.8 Å². The first kappa shape index (κ1) is 28.4. The van der Waals surface area contributed by atoms with Crippen molar-refractivity contribution in [3.05, 3.63) is 74.8 Å². The zero-order valence-electron chi connectivity index (χ0n) is 22.8. The van der Waals surface area contributed by atoms with Gasteiger partial charge in [-0.15, -0.1) is 0 Å². The van der Waals surface area contributed by atoms with Crippen molar-refractivity contribution in [3.63, 3.8) is 0 Å². The van der Waals surface area contributed by atoms with E-state index in [-0.39, 0.29) is 56.8 Å². The normalized spacial score (nSPS) is 24.7. The molecule has 0 bridgehead atoms. The topological polar surface area (TPSA) is 168 Å². The molecule has 4 aliphatic rings. The zero-order chi connectivity index (χ0) is 30.9. The number of carboxylic acid groups (broad SMARTS) is 1. The fourth-order valence-corrected chi connectivity index (χ4v) is 7.24. The number of methoxy groups -OCH3 is 2. The van der Waals surface area contributed by atoms with E-state index in [0.717, 1.165) is 17.0 Å². The Morgan fingerprint density at radius 1 is 0.977 bits per heavy atom. The number of ketones is 2. The van der Waals surface area contributed by atoms with Crippen LogP contribution in [0.3, 0.4) is 0 Å². The van der Waals surface area contributed by atoms with Crippen molar-refractivity contribution in [1.82, 2.24) is 0 Å². The minimum Gasteiger partial charge on any atom is -0.507 e. The summed E-state index contributed by atoms with van der Waals surface area (Å²) in [5, 5.41) is 30.7. The van der Waals surface area contributed by atoms with Crippen LogP contribution in [0, 0.1) is 17.8 Å². The smallest absolute Gasteiger partial charge is 0.339 e. The fourth-order valence-electron chi connectivity index (χ4n) is 6.80. The maximum atomic E-state index is 14.0. The van der Waals surface area contributed by atoms with Crippen LogP contribution in [0.1, 0.15) is 34.7 Å². The average Bonchev–Trinajstić information content (AvgIpc) is 3.23. The lowest BCUT2D eigenvalue weighted by atomic mass is 9.59. The summed E-state index contributed by atoms with van der Waals surface area (Å²) >= 11 is 3.18. The summed E-state index contributed by atoms with van der Waals surface area (Å²) in [5.41, 5.74) is 0.789. The molecule has 43 heavy (non-hydrogen) atoms. The first-order valence-electron chi connectivity index (χ1n) is 13.3. The number of amides is 2. The first-order valence-corrected chi connectivity index (χ1v) is 14.1. The van der Waals surface area contributed by atoms with Gasteiger partial charge in [-0.3, -0.25) is 19.2 Å². The van der Waals surface area contributed by atoms with E-state index in [0.29, 0.717) is 11.3 Å². The molecule has 2 aromatic rings. The van der Waals surface area contributed by atoms with Gasteiger partial charge in [-0.2, -0.15) is 0 Å². The van der Waals surface area contributed by atoms with Gasteiger partial charge >= 0.3 is 5.97 Å². The standard InChI is InChI=1S/C31H24BrNO10/c1-42-13-8-21(35)27(23(9-13)43-2)26-14-5-6-16-24(17(14)10-18-25(26)22(36)11-19(32)28(18)37)30(39)33(29(16)38)12-3-4-15(31(40)41)20(34)7-12/h3-5,7-9,11,16-17,24,26,34-35H,6,10H2,1-2H3,(H,40,41). The SMILES string of the molecule is COc1cc(O)c(C2C3=CCC4C(=O)N(c5ccc(C(=O)O)c(O)c5)C(=O)C4C3CC3=C2C(=O)C=C(Br)C3=O)c(OC)c1. The highest BCUT2D eigenvalue weighted by molar-refractivity contribution is 9.12. The molecular weight excluding hydrogens is 626 g/mol. The van der Waals surface area contributed by atoms with Gasteiger partial charge < -0.3 is 24.8 Å². The maximum Gasteiger partial charge on any atom is 0.339 e. The predicted molar refractivity (Wildman–Crippen MR) is 153 cm³/mol. The number of rotatable bonds is 5. The molecule has 1 heterocycles. The summed E-state index contributed by atoms with van der Waals surface area (Å²) in [5.74, 6) is -7.06. The van der Waals surface area contributed by atoms with Crippen LogP contribution in [0.4, 0.5) is 5.69 Å². The molecule has 6 rings (SSSR count). The van der Waals surface area contributed by atoms with Crippen molar-refractivity contribution >= 4 is 51.0 Å². The number of ether oxygens (including phenoxy) is 2. The van der Waals surface area contributed by atoms with E-state index < -0.39 is 58.8 Å². The third-order valence-corrected chi connectivity index (χ3v) is 9.23. The van der Waals surface area contributed by atoms with Crippen LogP contribution < -0.4 is 14.4 Å². The molecule has 220 valence electrons. The van der Waals surface area contributed by atoms with Crippen molar-refractivity contribution in [1.29, 1.82) is 0 Å². The highest BCUT2D eigenvalue weighted by Crippen LogP contribution is 2.58. The second-order valence-corrected chi connectivity index (χ2v) is 11.5. The highest BCUT2D eigenvalue weighted by atomic mass is 79.9. The summed E-state index contributed by atoms with van der Waals surface area (Å²) in [6, 6.07) is 6.36. The monoisotopic (exact) mass is 649 g/mol. The van der Waals surface area contributed by atoms with Crippen LogP contribution in [-0.4, -0.2) is 58.9 Å². The van der Waals surface area contributed by atoms with Gasteiger partial charge in [0.15, 0.2) is 11.6 Å². The summed E-state index contributed by atoms with van der Waals surface area (Å²) in [6.45, 7) is 0. The van der Waals surface area contributed by atoms with Crippen LogP contribution in [0.25, 0.3) is 0 Å². The van der Waals surface area contributed by atoms with Crippen molar-refractivity contribution in [2.75, 3.05) is 19.1 Å². The van der Waals surface area contributed by atoms with Crippen LogP contribution in [0.5, 0.6) is 23.0 Å². The van der Waals surface area contributed by atoms with Crippen molar-refractivity contribution in [3.8, 4) is 23.0 Å². The average molecular weight is 650 g/mol. The number of aromatic hydroxyl groups is 2. The van der Waals surface area contributed by atoms with Gasteiger partial charge in [0.1, 0.15) is 28.6 Å². The number of imide groups is 1. The predicted octanol–water partition coefficient (Wildman–Crippen LogP) is 3.78. The molecule has 0 spiro atoms. The van der Waals surface area contributed by atoms with Crippen LogP contribution in [0.15, 0.2) is 63.7 Å². The largest absolute Gasteiger partial charge is 0.507 e. The molecule has 1 fully saturated rings. The summed E-state index contributed by atoms with van der Waals surface area (Å²) in [4.78, 5) is 66.9. The lowest BCUT2D eigenvalue weighted by Crippen LogP contribution is -2.39. The van der Waals surface area contributed by atoms with Crippen molar-refractivity contribution < 1.29 is 48.8 Å². The number of halogens is 1. The summed E-state index contributed by atoms with van der Waals surface area (Å²) < 4.78 is 10.9. The molecule has 4 unspecified atom stereocenters. The molecule has 2 amide bonds. The van der Waals surface area contributed by atoms with E-state index >= 15 is 0 Å². The number of hydrogen-bond donors (Lipinski definition) is 3. The minimum absolute atomic E-state index is 0.00163. The van der Waals surface area contributed by atoms with Crippen molar-refractivity contribution in [2.45, 2.75) is 18.8 Å². The lowest BCUT2D eigenvalue weighted by Gasteiger charge is -2.42. The van der Waals surface area contributed by atoms with Crippen LogP contribution in [-0.2, 0) is 19.2 Å². The number of benzene rings is 2. The Balaban J connectivity index is 1.50. The van der Waals surface area contributed by atoms with Gasteiger partial charge in [0.05, 0.1) is 36.2 Å². The van der Waals surface area contributed by atoms with Crippen molar-refractivity contribution in [2.24, 2.45) is 17.8 Å². The molecule has 1 saturated heterocycles. The molecule has 0 saturated carbocycles. The lowest BCUT2D eigenvalue weighted by molar-refractivity contribution is -0.123. The minimum atomic E-state index is -1.37. The number of phenolic OH excluding ortho intramolecular Hbond substituents is 1. The quantitative estimate of drug-likeness (QED) is 0.246. The molecule has 11 nitrogen and oxygen atoms in total. The van der Waals surface area contributed by atoms with Crippen LogP contribution >= 0.6 is 15.9 Å². The molecule has 3 aliphatic carbocycles. The Morgan fingerprint density at radius 2 is 1.72 bits per heavy atom. The molecule has 1 aliphatic heterocycles. The second-order valence-electron chi connectivity index (χ2n) is 10.7. The number of carboxylic acids is 1. The number of nitrogens with zero attached hydrogens (tertiary/aromatic N) is 1. The number of carbonyl (C=O) groups is 5. The number of allylic oxidation sites excluding steroid dienone is 6. The number of hydrogen-bond acceptors (Lipinski definition) is 9.